The molecule has 4 nitrogen and oxygen atoms in total. The van der Waals surface area contributed by atoms with E-state index in [1.54, 1.807) is 31.6 Å². The highest BCUT2D eigenvalue weighted by Crippen LogP contribution is 2.22. The van der Waals surface area contributed by atoms with Crippen LogP contribution in [0.4, 0.5) is 4.39 Å². The predicted octanol–water partition coefficient (Wildman–Crippen LogP) is 2.54. The van der Waals surface area contributed by atoms with Crippen molar-refractivity contribution < 1.29 is 9.13 Å². The van der Waals surface area contributed by atoms with Crippen LogP contribution in [0.1, 0.15) is 0 Å². The van der Waals surface area contributed by atoms with Crippen molar-refractivity contribution >= 4 is 5.65 Å². The highest BCUT2D eigenvalue weighted by Gasteiger charge is 2.09. The fraction of sp³-hybridized carbons (Fsp3) is 0.0769. The van der Waals surface area contributed by atoms with Gasteiger partial charge in [0.15, 0.2) is 0 Å². The number of aromatic nitrogens is 3. The maximum absolute atomic E-state index is 12.9. The summed E-state index contributed by atoms with van der Waals surface area (Å²) in [7, 11) is 1.55. The van der Waals surface area contributed by atoms with E-state index in [-0.39, 0.29) is 5.82 Å². The van der Waals surface area contributed by atoms with Crippen molar-refractivity contribution in [2.75, 3.05) is 7.11 Å². The van der Waals surface area contributed by atoms with Crippen LogP contribution in [0.2, 0.25) is 0 Å². The largest absolute Gasteiger partial charge is 0.478 e. The first-order chi connectivity index (χ1) is 8.78. The fourth-order valence-corrected chi connectivity index (χ4v) is 1.80. The van der Waals surface area contributed by atoms with Gasteiger partial charge in [0, 0.05) is 24.2 Å². The number of hydrogen-bond donors (Lipinski definition) is 0. The zero-order chi connectivity index (χ0) is 12.5. The van der Waals surface area contributed by atoms with Crippen molar-refractivity contribution in [1.29, 1.82) is 0 Å². The van der Waals surface area contributed by atoms with Gasteiger partial charge in [-0.15, -0.1) is 0 Å². The van der Waals surface area contributed by atoms with Crippen LogP contribution in [-0.4, -0.2) is 21.5 Å². The molecule has 2 heterocycles. The van der Waals surface area contributed by atoms with E-state index in [1.165, 1.54) is 12.1 Å². The van der Waals surface area contributed by atoms with Crippen molar-refractivity contribution in [2.24, 2.45) is 0 Å². The summed E-state index contributed by atoms with van der Waals surface area (Å²) in [5.74, 6) is 0.202. The lowest BCUT2D eigenvalue weighted by Crippen LogP contribution is -1.92. The van der Waals surface area contributed by atoms with Gasteiger partial charge in [0.2, 0.25) is 5.65 Å². The molecule has 0 aliphatic rings. The number of ether oxygens (including phenoxy) is 1. The third kappa shape index (κ3) is 1.69. The van der Waals surface area contributed by atoms with Crippen molar-refractivity contribution in [1.82, 2.24) is 14.4 Å². The molecule has 18 heavy (non-hydrogen) atoms. The van der Waals surface area contributed by atoms with Gasteiger partial charge in [0.25, 0.3) is 5.88 Å². The molecule has 0 saturated carbocycles. The van der Waals surface area contributed by atoms with Crippen molar-refractivity contribution in [2.45, 2.75) is 0 Å². The van der Waals surface area contributed by atoms with Crippen LogP contribution in [0.25, 0.3) is 16.9 Å². The van der Waals surface area contributed by atoms with Gasteiger partial charge in [-0.3, -0.25) is 0 Å². The van der Waals surface area contributed by atoms with Crippen LogP contribution >= 0.6 is 0 Å². The molecule has 5 heteroatoms. The summed E-state index contributed by atoms with van der Waals surface area (Å²) < 4.78 is 19.8. The minimum absolute atomic E-state index is 0.262. The van der Waals surface area contributed by atoms with Gasteiger partial charge in [-0.05, 0) is 24.3 Å². The number of fused-ring (bicyclic) bond motifs is 1. The Bertz CT molecular complexity index is 691. The first-order valence-electron chi connectivity index (χ1n) is 5.41. The average molecular weight is 243 g/mol. The van der Waals surface area contributed by atoms with E-state index in [4.69, 9.17) is 4.74 Å². The van der Waals surface area contributed by atoms with E-state index in [2.05, 4.69) is 9.97 Å². The van der Waals surface area contributed by atoms with Crippen LogP contribution < -0.4 is 4.74 Å². The minimum Gasteiger partial charge on any atom is -0.478 e. The molecule has 0 aliphatic carbocycles. The minimum atomic E-state index is -0.262. The Morgan fingerprint density at radius 3 is 2.72 bits per heavy atom. The van der Waals surface area contributed by atoms with Crippen LogP contribution in [0.3, 0.4) is 0 Å². The summed E-state index contributed by atoms with van der Waals surface area (Å²) in [5, 5.41) is 0. The van der Waals surface area contributed by atoms with Gasteiger partial charge >= 0.3 is 0 Å². The number of benzene rings is 1. The zero-order valence-electron chi connectivity index (χ0n) is 9.67. The third-order valence-corrected chi connectivity index (χ3v) is 2.68. The van der Waals surface area contributed by atoms with Crippen molar-refractivity contribution in [3.8, 4) is 17.1 Å². The maximum Gasteiger partial charge on any atom is 0.258 e. The van der Waals surface area contributed by atoms with Gasteiger partial charge in [0.1, 0.15) is 5.82 Å². The van der Waals surface area contributed by atoms with Crippen LogP contribution in [-0.2, 0) is 0 Å². The molecule has 0 saturated heterocycles. The van der Waals surface area contributed by atoms with Gasteiger partial charge in [-0.25, -0.2) is 14.4 Å². The third-order valence-electron chi connectivity index (χ3n) is 2.68. The molecule has 0 atom stereocenters. The van der Waals surface area contributed by atoms with Crippen molar-refractivity contribution in [3.63, 3.8) is 0 Å². The van der Waals surface area contributed by atoms with Crippen LogP contribution in [0.5, 0.6) is 5.88 Å². The monoisotopic (exact) mass is 243 g/mol. The molecule has 0 bridgehead atoms. The topological polar surface area (TPSA) is 39.4 Å². The number of halogens is 1. The van der Waals surface area contributed by atoms with Gasteiger partial charge in [-0.1, -0.05) is 0 Å². The maximum atomic E-state index is 12.9. The molecule has 2 aromatic heterocycles. The van der Waals surface area contributed by atoms with E-state index in [1.807, 2.05) is 10.6 Å². The summed E-state index contributed by atoms with van der Waals surface area (Å²) in [6, 6.07) is 6.21. The highest BCUT2D eigenvalue weighted by molar-refractivity contribution is 5.64. The Kier molecular flexibility index (Phi) is 2.44. The van der Waals surface area contributed by atoms with Crippen LogP contribution in [0, 0.1) is 5.82 Å². The van der Waals surface area contributed by atoms with Gasteiger partial charge in [-0.2, -0.15) is 0 Å². The number of imidazole rings is 1. The molecule has 0 aliphatic heterocycles. The number of methoxy groups -OCH3 is 1. The molecule has 3 rings (SSSR count). The molecule has 0 spiro atoms. The molecule has 0 radical (unpaired) electrons. The Balaban J connectivity index is 2.16. The van der Waals surface area contributed by atoms with E-state index >= 15 is 0 Å². The summed E-state index contributed by atoms with van der Waals surface area (Å²) in [6.45, 7) is 0. The fourth-order valence-electron chi connectivity index (χ4n) is 1.80. The lowest BCUT2D eigenvalue weighted by atomic mass is 10.2. The second-order valence-corrected chi connectivity index (χ2v) is 3.80. The van der Waals surface area contributed by atoms with E-state index in [0.717, 1.165) is 11.3 Å². The standard InChI is InChI=1S/C13H10FN3O/c1-18-13-12-16-11(8-17(12)7-6-15-13)9-2-4-10(14)5-3-9/h2-8H,1H3. The normalized spacial score (nSPS) is 10.8. The summed E-state index contributed by atoms with van der Waals surface area (Å²) in [4.78, 5) is 8.52. The van der Waals surface area contributed by atoms with E-state index in [0.29, 0.717) is 11.5 Å². The second kappa shape index (κ2) is 4.10. The Labute approximate surface area is 103 Å². The summed E-state index contributed by atoms with van der Waals surface area (Å²) in [6.07, 6.45) is 5.28. The van der Waals surface area contributed by atoms with E-state index < -0.39 is 0 Å². The lowest BCUT2D eigenvalue weighted by molar-refractivity contribution is 0.400. The second-order valence-electron chi connectivity index (χ2n) is 3.80. The molecule has 90 valence electrons. The number of nitrogens with zero attached hydrogens (tertiary/aromatic N) is 3. The lowest BCUT2D eigenvalue weighted by Gasteiger charge is -1.98. The van der Waals surface area contributed by atoms with Gasteiger partial charge < -0.3 is 9.14 Å². The smallest absolute Gasteiger partial charge is 0.258 e. The number of rotatable bonds is 2. The van der Waals surface area contributed by atoms with Crippen LogP contribution in [0.15, 0.2) is 42.9 Å². The highest BCUT2D eigenvalue weighted by atomic mass is 19.1. The molecule has 0 amide bonds. The molecular weight excluding hydrogens is 233 g/mol. The Hall–Kier alpha value is -2.43. The van der Waals surface area contributed by atoms with Crippen molar-refractivity contribution in [3.05, 3.63) is 48.7 Å². The predicted molar refractivity (Wildman–Crippen MR) is 64.9 cm³/mol. The van der Waals surface area contributed by atoms with E-state index in [9.17, 15) is 4.39 Å². The molecule has 0 unspecified atom stereocenters. The number of hydrogen-bond acceptors (Lipinski definition) is 3. The first-order valence-corrected chi connectivity index (χ1v) is 5.41. The SMILES string of the molecule is COc1nccn2cc(-c3ccc(F)cc3)nc12. The summed E-state index contributed by atoms with van der Waals surface area (Å²) in [5.41, 5.74) is 2.24. The molecule has 3 aromatic rings. The Morgan fingerprint density at radius 1 is 1.22 bits per heavy atom. The molecular formula is C13H10FN3O. The Morgan fingerprint density at radius 2 is 2.00 bits per heavy atom. The molecule has 0 N–H and O–H groups in total. The molecule has 1 aromatic carbocycles. The first kappa shape index (κ1) is 10.7. The summed E-state index contributed by atoms with van der Waals surface area (Å²) >= 11 is 0. The quantitative estimate of drug-likeness (QED) is 0.694. The zero-order valence-corrected chi connectivity index (χ0v) is 9.67. The average Bonchev–Trinajstić information content (AvgIpc) is 2.83. The van der Waals surface area contributed by atoms with Gasteiger partial charge in [0.05, 0.1) is 12.8 Å². The molecule has 0 fully saturated rings.